The zero-order valence-corrected chi connectivity index (χ0v) is 10.5. The summed E-state index contributed by atoms with van der Waals surface area (Å²) in [6, 6.07) is 8.68. The smallest absolute Gasteiger partial charge is 0.0590 e. The molecule has 0 atom stereocenters. The molecule has 2 nitrogen and oxygen atoms in total. The van der Waals surface area contributed by atoms with Crippen LogP contribution in [0, 0.1) is 0 Å². The van der Waals surface area contributed by atoms with E-state index in [4.69, 9.17) is 4.74 Å². The Hall–Kier alpha value is -0.860. The molecule has 0 radical (unpaired) electrons. The molecule has 0 aromatic heterocycles. The lowest BCUT2D eigenvalue weighted by molar-refractivity contribution is 0.140. The van der Waals surface area contributed by atoms with Gasteiger partial charge in [-0.3, -0.25) is 0 Å². The van der Waals surface area contributed by atoms with Gasteiger partial charge in [0.25, 0.3) is 0 Å². The molecule has 0 aliphatic rings. The molecule has 2 heteroatoms. The van der Waals surface area contributed by atoms with Crippen LogP contribution in [0.4, 0.5) is 0 Å². The number of likely N-dealkylation sites (N-methyl/N-ethyl adjacent to an activating group) is 1. The summed E-state index contributed by atoms with van der Waals surface area (Å²) < 4.78 is 5.55. The van der Waals surface area contributed by atoms with Crippen molar-refractivity contribution in [2.24, 2.45) is 0 Å². The minimum atomic E-state index is 0.798. The average Bonchev–Trinajstić information content (AvgIpc) is 2.31. The first kappa shape index (κ1) is 13.2. The van der Waals surface area contributed by atoms with E-state index in [0.717, 1.165) is 26.2 Å². The molecule has 0 unspecified atom stereocenters. The minimum absolute atomic E-state index is 0.798. The lowest BCUT2D eigenvalue weighted by Gasteiger charge is -2.09. The van der Waals surface area contributed by atoms with Crippen molar-refractivity contribution in [1.29, 1.82) is 0 Å². The van der Waals surface area contributed by atoms with E-state index in [-0.39, 0.29) is 0 Å². The summed E-state index contributed by atoms with van der Waals surface area (Å²) in [5.41, 5.74) is 2.91. The van der Waals surface area contributed by atoms with Gasteiger partial charge in [0, 0.05) is 6.54 Å². The summed E-state index contributed by atoms with van der Waals surface area (Å²) in [5.74, 6) is 0. The monoisotopic (exact) mass is 221 g/mol. The van der Waals surface area contributed by atoms with E-state index in [9.17, 15) is 0 Å². The highest BCUT2D eigenvalue weighted by atomic mass is 16.5. The molecular formula is C14H23NO. The zero-order valence-electron chi connectivity index (χ0n) is 10.5. The molecule has 0 spiro atoms. The largest absolute Gasteiger partial charge is 0.380 e. The summed E-state index contributed by atoms with van der Waals surface area (Å²) in [4.78, 5) is 0. The molecule has 1 rings (SSSR count). The second kappa shape index (κ2) is 8.31. The molecule has 1 N–H and O–H groups in total. The topological polar surface area (TPSA) is 21.3 Å². The van der Waals surface area contributed by atoms with E-state index in [1.807, 2.05) is 7.05 Å². The number of benzene rings is 1. The standard InChI is InChI=1S/C14H23NO/c1-3-6-13-7-4-5-8-14(13)9-11-16-12-10-15-2/h4-5,7-8,15H,3,6,9-12H2,1-2H3. The molecule has 0 saturated heterocycles. The van der Waals surface area contributed by atoms with E-state index in [0.29, 0.717) is 0 Å². The minimum Gasteiger partial charge on any atom is -0.380 e. The Kier molecular flexibility index (Phi) is 6.86. The fourth-order valence-electron chi connectivity index (χ4n) is 1.77. The summed E-state index contributed by atoms with van der Waals surface area (Å²) in [5, 5.41) is 3.07. The van der Waals surface area contributed by atoms with Crippen LogP contribution >= 0.6 is 0 Å². The van der Waals surface area contributed by atoms with Gasteiger partial charge in [0.2, 0.25) is 0 Å². The number of hydrogen-bond donors (Lipinski definition) is 1. The van der Waals surface area contributed by atoms with Crippen molar-refractivity contribution in [3.8, 4) is 0 Å². The number of nitrogens with one attached hydrogen (secondary N) is 1. The molecule has 0 heterocycles. The van der Waals surface area contributed by atoms with Crippen LogP contribution in [0.2, 0.25) is 0 Å². The molecular weight excluding hydrogens is 198 g/mol. The second-order valence-electron chi connectivity index (χ2n) is 3.98. The fourth-order valence-corrected chi connectivity index (χ4v) is 1.77. The van der Waals surface area contributed by atoms with E-state index in [1.54, 1.807) is 0 Å². The Morgan fingerprint density at radius 2 is 1.75 bits per heavy atom. The van der Waals surface area contributed by atoms with Crippen molar-refractivity contribution in [1.82, 2.24) is 5.32 Å². The predicted molar refractivity (Wildman–Crippen MR) is 68.9 cm³/mol. The van der Waals surface area contributed by atoms with Gasteiger partial charge in [-0.15, -0.1) is 0 Å². The fraction of sp³-hybridized carbons (Fsp3) is 0.571. The third kappa shape index (κ3) is 4.77. The maximum atomic E-state index is 5.55. The number of rotatable bonds is 8. The average molecular weight is 221 g/mol. The van der Waals surface area contributed by atoms with Crippen LogP contribution in [0.15, 0.2) is 24.3 Å². The molecule has 90 valence electrons. The molecule has 0 aliphatic heterocycles. The first-order valence-corrected chi connectivity index (χ1v) is 6.17. The highest BCUT2D eigenvalue weighted by molar-refractivity contribution is 5.27. The van der Waals surface area contributed by atoms with Crippen molar-refractivity contribution < 1.29 is 4.74 Å². The Bertz CT molecular complexity index is 286. The molecule has 16 heavy (non-hydrogen) atoms. The summed E-state index contributed by atoms with van der Waals surface area (Å²) >= 11 is 0. The van der Waals surface area contributed by atoms with Crippen LogP contribution in [-0.4, -0.2) is 26.8 Å². The number of ether oxygens (including phenoxy) is 1. The van der Waals surface area contributed by atoms with Gasteiger partial charge in [-0.1, -0.05) is 37.6 Å². The zero-order chi connectivity index (χ0) is 11.6. The second-order valence-corrected chi connectivity index (χ2v) is 3.98. The molecule has 0 saturated carbocycles. The van der Waals surface area contributed by atoms with Gasteiger partial charge < -0.3 is 10.1 Å². The lowest BCUT2D eigenvalue weighted by atomic mass is 10.0. The van der Waals surface area contributed by atoms with Gasteiger partial charge in [0.15, 0.2) is 0 Å². The van der Waals surface area contributed by atoms with E-state index < -0.39 is 0 Å². The number of aryl methyl sites for hydroxylation is 1. The van der Waals surface area contributed by atoms with Crippen molar-refractivity contribution in [3.63, 3.8) is 0 Å². The van der Waals surface area contributed by atoms with Gasteiger partial charge in [-0.2, -0.15) is 0 Å². The first-order chi connectivity index (χ1) is 7.88. The first-order valence-electron chi connectivity index (χ1n) is 6.17. The van der Waals surface area contributed by atoms with Crippen LogP contribution in [0.25, 0.3) is 0 Å². The van der Waals surface area contributed by atoms with Gasteiger partial charge in [-0.25, -0.2) is 0 Å². The van der Waals surface area contributed by atoms with E-state index >= 15 is 0 Å². The Balaban J connectivity index is 2.34. The molecule has 0 bridgehead atoms. The highest BCUT2D eigenvalue weighted by Crippen LogP contribution is 2.11. The van der Waals surface area contributed by atoms with Crippen LogP contribution < -0.4 is 5.32 Å². The van der Waals surface area contributed by atoms with E-state index in [2.05, 4.69) is 36.5 Å². The van der Waals surface area contributed by atoms with Crippen LogP contribution in [0.3, 0.4) is 0 Å². The van der Waals surface area contributed by atoms with Gasteiger partial charge >= 0.3 is 0 Å². The van der Waals surface area contributed by atoms with Gasteiger partial charge in [-0.05, 0) is 31.0 Å². The molecule has 1 aromatic rings. The summed E-state index contributed by atoms with van der Waals surface area (Å²) in [6.07, 6.45) is 3.41. The molecule has 1 aromatic carbocycles. The SMILES string of the molecule is CCCc1ccccc1CCOCCNC. The Labute approximate surface area is 99.0 Å². The third-order valence-electron chi connectivity index (χ3n) is 2.65. The van der Waals surface area contributed by atoms with Crippen molar-refractivity contribution in [3.05, 3.63) is 35.4 Å². The highest BCUT2D eigenvalue weighted by Gasteiger charge is 2.00. The lowest BCUT2D eigenvalue weighted by Crippen LogP contribution is -2.15. The Morgan fingerprint density at radius 1 is 1.06 bits per heavy atom. The summed E-state index contributed by atoms with van der Waals surface area (Å²) in [6.45, 7) is 4.77. The van der Waals surface area contributed by atoms with Crippen molar-refractivity contribution in [2.45, 2.75) is 26.2 Å². The number of hydrogen-bond acceptors (Lipinski definition) is 2. The maximum Gasteiger partial charge on any atom is 0.0590 e. The van der Waals surface area contributed by atoms with E-state index in [1.165, 1.54) is 24.0 Å². The predicted octanol–water partition coefficient (Wildman–Crippen LogP) is 2.42. The van der Waals surface area contributed by atoms with Crippen LogP contribution in [-0.2, 0) is 17.6 Å². The molecule has 0 fully saturated rings. The van der Waals surface area contributed by atoms with Crippen molar-refractivity contribution in [2.75, 3.05) is 26.8 Å². The Morgan fingerprint density at radius 3 is 2.38 bits per heavy atom. The van der Waals surface area contributed by atoms with Gasteiger partial charge in [0.1, 0.15) is 0 Å². The normalized spacial score (nSPS) is 10.6. The molecule has 0 aliphatic carbocycles. The quantitative estimate of drug-likeness (QED) is 0.681. The summed E-state index contributed by atoms with van der Waals surface area (Å²) in [7, 11) is 1.94. The van der Waals surface area contributed by atoms with Crippen LogP contribution in [0.1, 0.15) is 24.5 Å². The van der Waals surface area contributed by atoms with Gasteiger partial charge in [0.05, 0.1) is 13.2 Å². The molecule has 0 amide bonds. The maximum absolute atomic E-state index is 5.55. The third-order valence-corrected chi connectivity index (χ3v) is 2.65. The van der Waals surface area contributed by atoms with Crippen molar-refractivity contribution >= 4 is 0 Å². The van der Waals surface area contributed by atoms with Crippen LogP contribution in [0.5, 0.6) is 0 Å².